The van der Waals surface area contributed by atoms with Gasteiger partial charge in [0, 0.05) is 12.1 Å². The molecule has 12 heteroatoms. The molecule has 2 heterocycles. The molecule has 4 rings (SSSR count). The number of nitrogens with zero attached hydrogens (tertiary/aromatic N) is 2. The highest BCUT2D eigenvalue weighted by atomic mass is 32.1. The van der Waals surface area contributed by atoms with E-state index in [1.807, 2.05) is 0 Å². The summed E-state index contributed by atoms with van der Waals surface area (Å²) in [6.07, 6.45) is 3.72. The minimum absolute atomic E-state index is 0.0179. The average molecular weight is 528 g/mol. The summed E-state index contributed by atoms with van der Waals surface area (Å²) in [6.45, 7) is 1.75. The fourth-order valence-corrected chi connectivity index (χ4v) is 5.15. The Bertz CT molecular complexity index is 1310. The van der Waals surface area contributed by atoms with Crippen LogP contribution in [0.1, 0.15) is 63.4 Å². The normalized spacial score (nSPS) is 14.2. The number of hydrogen-bond acceptors (Lipinski definition) is 9. The number of benzene rings is 1. The second-order valence-corrected chi connectivity index (χ2v) is 9.47. The quantitative estimate of drug-likeness (QED) is 0.382. The Morgan fingerprint density at radius 2 is 1.89 bits per heavy atom. The summed E-state index contributed by atoms with van der Waals surface area (Å²) in [6, 6.07) is 6.97. The molecule has 1 unspecified atom stereocenters. The zero-order valence-corrected chi connectivity index (χ0v) is 21.6. The van der Waals surface area contributed by atoms with Crippen molar-refractivity contribution in [3.05, 3.63) is 52.4 Å². The molecule has 1 fully saturated rings. The van der Waals surface area contributed by atoms with Crippen molar-refractivity contribution < 1.29 is 28.3 Å². The van der Waals surface area contributed by atoms with Crippen LogP contribution in [0.15, 0.2) is 34.7 Å². The molecule has 3 aromatic rings. The number of hydrogen-bond donors (Lipinski definition) is 3. The van der Waals surface area contributed by atoms with Gasteiger partial charge in [0.15, 0.2) is 11.7 Å². The third-order valence-electron chi connectivity index (χ3n) is 6.26. The van der Waals surface area contributed by atoms with Gasteiger partial charge in [0.25, 0.3) is 17.7 Å². The van der Waals surface area contributed by atoms with E-state index < -0.39 is 23.8 Å². The number of carbonyl (C=O) groups excluding carboxylic acids is 3. The number of aryl methyl sites for hydroxylation is 1. The topological polar surface area (TPSA) is 163 Å². The van der Waals surface area contributed by atoms with Crippen molar-refractivity contribution >= 4 is 40.6 Å². The van der Waals surface area contributed by atoms with E-state index in [0.29, 0.717) is 11.5 Å². The average Bonchev–Trinajstić information content (AvgIpc) is 3.63. The minimum Gasteiger partial charge on any atom is -0.497 e. The van der Waals surface area contributed by atoms with Gasteiger partial charge in [-0.3, -0.25) is 19.3 Å². The lowest BCUT2D eigenvalue weighted by atomic mass is 10.1. The van der Waals surface area contributed by atoms with Crippen molar-refractivity contribution in [1.29, 1.82) is 0 Å². The van der Waals surface area contributed by atoms with Gasteiger partial charge in [-0.2, -0.15) is 4.37 Å². The van der Waals surface area contributed by atoms with E-state index in [0.717, 1.165) is 37.2 Å². The Morgan fingerprint density at radius 3 is 2.46 bits per heavy atom. The standard InChI is InChI=1S/C25H29N5O6S/c1-13-8-11-17(36-13)21(24(32)28-14-6-4-5-7-14)30(16-10-9-15(34-2)12-18(16)35-3)25(33)22-19(26)20(23(27)31)29-37-22/h8-12,14,21H,4-7,26H2,1-3H3,(H2,27,31)(H,28,32). The van der Waals surface area contributed by atoms with Crippen LogP contribution in [0.5, 0.6) is 11.5 Å². The molecule has 0 aliphatic heterocycles. The van der Waals surface area contributed by atoms with Gasteiger partial charge in [0.2, 0.25) is 0 Å². The van der Waals surface area contributed by atoms with Crippen LogP contribution in [0.2, 0.25) is 0 Å². The van der Waals surface area contributed by atoms with Crippen LogP contribution in [-0.4, -0.2) is 42.4 Å². The highest BCUT2D eigenvalue weighted by molar-refractivity contribution is 7.09. The van der Waals surface area contributed by atoms with Crippen LogP contribution in [0.4, 0.5) is 11.4 Å². The van der Waals surface area contributed by atoms with Gasteiger partial charge in [0.1, 0.15) is 27.9 Å². The van der Waals surface area contributed by atoms with E-state index in [9.17, 15) is 14.4 Å². The number of furan rings is 1. The first-order valence-corrected chi connectivity index (χ1v) is 12.5. The molecule has 1 aromatic carbocycles. The summed E-state index contributed by atoms with van der Waals surface area (Å²) >= 11 is 0.724. The number of methoxy groups -OCH3 is 2. The molecule has 1 aliphatic rings. The monoisotopic (exact) mass is 527 g/mol. The second kappa shape index (κ2) is 10.9. The van der Waals surface area contributed by atoms with Crippen LogP contribution in [0, 0.1) is 6.92 Å². The molecule has 2 aromatic heterocycles. The zero-order chi connectivity index (χ0) is 26.7. The number of nitrogens with two attached hydrogens (primary N) is 2. The molecule has 196 valence electrons. The maximum Gasteiger partial charge on any atom is 0.273 e. The molecule has 1 atom stereocenters. The van der Waals surface area contributed by atoms with Crippen molar-refractivity contribution in [2.45, 2.75) is 44.7 Å². The lowest BCUT2D eigenvalue weighted by Gasteiger charge is -2.31. The molecule has 11 nitrogen and oxygen atoms in total. The number of nitrogens with one attached hydrogen (secondary N) is 1. The number of primary amides is 1. The molecule has 37 heavy (non-hydrogen) atoms. The van der Waals surface area contributed by atoms with Crippen molar-refractivity contribution in [3.8, 4) is 11.5 Å². The first-order valence-electron chi connectivity index (χ1n) is 11.7. The highest BCUT2D eigenvalue weighted by Crippen LogP contribution is 2.40. The third-order valence-corrected chi connectivity index (χ3v) is 7.11. The molecular formula is C25H29N5O6S. The zero-order valence-electron chi connectivity index (χ0n) is 20.8. The molecular weight excluding hydrogens is 498 g/mol. The van der Waals surface area contributed by atoms with Gasteiger partial charge in [-0.05, 0) is 55.6 Å². The van der Waals surface area contributed by atoms with Crippen LogP contribution in [0.3, 0.4) is 0 Å². The van der Waals surface area contributed by atoms with Crippen LogP contribution >= 0.6 is 11.5 Å². The van der Waals surface area contributed by atoms with Gasteiger partial charge in [-0.1, -0.05) is 12.8 Å². The van der Waals surface area contributed by atoms with E-state index in [2.05, 4.69) is 9.69 Å². The Kier molecular flexibility index (Phi) is 7.67. The van der Waals surface area contributed by atoms with Gasteiger partial charge < -0.3 is 30.7 Å². The molecule has 0 spiro atoms. The minimum atomic E-state index is -1.22. The lowest BCUT2D eigenvalue weighted by molar-refractivity contribution is -0.123. The van der Waals surface area contributed by atoms with Gasteiger partial charge in [0.05, 0.1) is 25.6 Å². The van der Waals surface area contributed by atoms with Crippen LogP contribution < -0.4 is 31.2 Å². The number of ether oxygens (including phenoxy) is 2. The van der Waals surface area contributed by atoms with Crippen LogP contribution in [0.25, 0.3) is 0 Å². The molecule has 0 bridgehead atoms. The van der Waals surface area contributed by atoms with Crippen molar-refractivity contribution in [3.63, 3.8) is 0 Å². The van der Waals surface area contributed by atoms with Gasteiger partial charge in [-0.25, -0.2) is 0 Å². The summed E-state index contributed by atoms with van der Waals surface area (Å²) in [4.78, 5) is 41.0. The maximum absolute atomic E-state index is 14.1. The fraction of sp³-hybridized carbons (Fsp3) is 0.360. The molecule has 0 radical (unpaired) electrons. The Balaban J connectivity index is 1.89. The fourth-order valence-electron chi connectivity index (χ4n) is 4.41. The number of nitrogen functional groups attached to an aromatic ring is 1. The van der Waals surface area contributed by atoms with Gasteiger partial charge >= 0.3 is 0 Å². The predicted molar refractivity (Wildman–Crippen MR) is 138 cm³/mol. The predicted octanol–water partition coefficient (Wildman–Crippen LogP) is 3.19. The first-order chi connectivity index (χ1) is 17.7. The summed E-state index contributed by atoms with van der Waals surface area (Å²) < 4.78 is 20.7. The van der Waals surface area contributed by atoms with Crippen molar-refractivity contribution in [1.82, 2.24) is 9.69 Å². The summed E-state index contributed by atoms with van der Waals surface area (Å²) in [7, 11) is 2.95. The van der Waals surface area contributed by atoms with Crippen molar-refractivity contribution in [2.24, 2.45) is 5.73 Å². The number of rotatable bonds is 9. The number of amides is 3. The Morgan fingerprint density at radius 1 is 1.16 bits per heavy atom. The smallest absolute Gasteiger partial charge is 0.273 e. The van der Waals surface area contributed by atoms with E-state index in [1.165, 1.54) is 19.1 Å². The lowest BCUT2D eigenvalue weighted by Crippen LogP contribution is -2.46. The van der Waals surface area contributed by atoms with E-state index in [-0.39, 0.29) is 39.5 Å². The molecule has 5 N–H and O–H groups in total. The molecule has 3 amide bonds. The Hall–Kier alpha value is -4.06. The van der Waals surface area contributed by atoms with Gasteiger partial charge in [-0.15, -0.1) is 0 Å². The van der Waals surface area contributed by atoms with E-state index in [4.69, 9.17) is 25.4 Å². The first kappa shape index (κ1) is 26.0. The second-order valence-electron chi connectivity index (χ2n) is 8.69. The number of carbonyl (C=O) groups is 3. The molecule has 0 saturated heterocycles. The molecule has 1 aliphatic carbocycles. The molecule has 1 saturated carbocycles. The third kappa shape index (κ3) is 5.24. The van der Waals surface area contributed by atoms with E-state index >= 15 is 0 Å². The largest absolute Gasteiger partial charge is 0.497 e. The Labute approximate surface area is 217 Å². The summed E-state index contributed by atoms with van der Waals surface area (Å²) in [5, 5.41) is 3.07. The summed E-state index contributed by atoms with van der Waals surface area (Å²) in [5.41, 5.74) is 11.4. The van der Waals surface area contributed by atoms with Crippen molar-refractivity contribution in [2.75, 3.05) is 24.9 Å². The number of aromatic nitrogens is 1. The SMILES string of the molecule is COc1ccc(N(C(=O)c2snc(C(N)=O)c2N)C(C(=O)NC2CCCC2)c2ccc(C)o2)c(OC)c1. The van der Waals surface area contributed by atoms with E-state index in [1.54, 1.807) is 37.3 Å². The highest BCUT2D eigenvalue weighted by Gasteiger charge is 2.40. The van der Waals surface area contributed by atoms with Crippen LogP contribution in [-0.2, 0) is 4.79 Å². The summed E-state index contributed by atoms with van der Waals surface area (Å²) in [5.74, 6) is -0.390. The maximum atomic E-state index is 14.1. The number of anilines is 2.